The van der Waals surface area contributed by atoms with Crippen LogP contribution in [0.3, 0.4) is 0 Å². The Morgan fingerprint density at radius 2 is 1.69 bits per heavy atom. The second-order valence-corrected chi connectivity index (χ2v) is 3.46. The highest BCUT2D eigenvalue weighted by atomic mass is 19.3. The van der Waals surface area contributed by atoms with Crippen molar-refractivity contribution in [1.29, 1.82) is 0 Å². The molecule has 2 nitrogen and oxygen atoms in total. The van der Waals surface area contributed by atoms with Crippen LogP contribution in [-0.4, -0.2) is 17.2 Å². The molecule has 0 bridgehead atoms. The molecule has 2 rings (SSSR count). The number of hydrogen-bond acceptors (Lipinski definition) is 2. The van der Waals surface area contributed by atoms with E-state index >= 15 is 0 Å². The van der Waals surface area contributed by atoms with E-state index in [1.807, 2.05) is 0 Å². The topological polar surface area (TPSA) is 40.5 Å². The van der Waals surface area contributed by atoms with Crippen LogP contribution < -0.4 is 5.46 Å². The number of fused-ring (bicyclic) bond motifs is 1. The van der Waals surface area contributed by atoms with Gasteiger partial charge in [-0.1, -0.05) is 36.4 Å². The average Bonchev–Trinajstić information content (AvgIpc) is 2.27. The maximum Gasteiger partial charge on any atom is 0.489 e. The highest BCUT2D eigenvalue weighted by Crippen LogP contribution is 2.22. The highest BCUT2D eigenvalue weighted by molar-refractivity contribution is 6.62. The summed E-state index contributed by atoms with van der Waals surface area (Å²) in [4.78, 5) is 0. The predicted molar refractivity (Wildman–Crippen MR) is 58.7 cm³/mol. The fourth-order valence-corrected chi connectivity index (χ4v) is 1.79. The molecule has 2 aromatic rings. The molecule has 0 unspecified atom stereocenters. The second-order valence-electron chi connectivity index (χ2n) is 3.46. The first-order valence-corrected chi connectivity index (χ1v) is 4.77. The maximum absolute atomic E-state index is 12.7. The average molecular weight is 222 g/mol. The lowest BCUT2D eigenvalue weighted by Gasteiger charge is -2.11. The molecule has 0 heterocycles. The molecule has 0 amide bonds. The van der Waals surface area contributed by atoms with Gasteiger partial charge in [0.1, 0.15) is 0 Å². The first-order valence-electron chi connectivity index (χ1n) is 4.77. The molecule has 16 heavy (non-hydrogen) atoms. The molecule has 0 aliphatic carbocycles. The Labute approximate surface area is 91.3 Å². The quantitative estimate of drug-likeness (QED) is 0.755. The van der Waals surface area contributed by atoms with Crippen molar-refractivity contribution >= 4 is 23.4 Å². The summed E-state index contributed by atoms with van der Waals surface area (Å²) in [5.41, 5.74) is -0.457. The molecule has 0 saturated heterocycles. The van der Waals surface area contributed by atoms with Crippen molar-refractivity contribution < 1.29 is 18.8 Å². The standard InChI is InChI=1S/C11H9BF2O2/c13-11(14)9-6-5-7-3-1-2-4-8(7)10(9)12(15)16/h1-6,11,15-16H. The molecular weight excluding hydrogens is 213 g/mol. The van der Waals surface area contributed by atoms with E-state index in [-0.39, 0.29) is 11.0 Å². The minimum atomic E-state index is -2.72. The molecule has 5 heteroatoms. The van der Waals surface area contributed by atoms with Crippen molar-refractivity contribution in [3.63, 3.8) is 0 Å². The van der Waals surface area contributed by atoms with Crippen LogP contribution in [0.1, 0.15) is 12.0 Å². The van der Waals surface area contributed by atoms with Crippen LogP contribution in [0.4, 0.5) is 8.78 Å². The zero-order valence-corrected chi connectivity index (χ0v) is 8.27. The van der Waals surface area contributed by atoms with E-state index in [1.165, 1.54) is 6.07 Å². The summed E-state index contributed by atoms with van der Waals surface area (Å²) in [6, 6.07) is 9.53. The third-order valence-electron chi connectivity index (χ3n) is 2.50. The predicted octanol–water partition coefficient (Wildman–Crippen LogP) is 1.46. The first-order chi connectivity index (χ1) is 7.61. The van der Waals surface area contributed by atoms with Gasteiger partial charge in [-0.3, -0.25) is 0 Å². The van der Waals surface area contributed by atoms with Gasteiger partial charge in [-0.2, -0.15) is 0 Å². The Bertz CT molecular complexity index is 514. The maximum atomic E-state index is 12.7. The molecule has 0 saturated carbocycles. The van der Waals surface area contributed by atoms with Crippen LogP contribution in [0.2, 0.25) is 0 Å². The summed E-state index contributed by atoms with van der Waals surface area (Å²) in [6.07, 6.45) is -2.72. The summed E-state index contributed by atoms with van der Waals surface area (Å²) in [5.74, 6) is 0. The van der Waals surface area contributed by atoms with E-state index < -0.39 is 13.5 Å². The lowest BCUT2D eigenvalue weighted by atomic mass is 9.74. The number of rotatable bonds is 2. The summed E-state index contributed by atoms with van der Waals surface area (Å²) >= 11 is 0. The number of alkyl halides is 2. The van der Waals surface area contributed by atoms with Gasteiger partial charge in [0.05, 0.1) is 0 Å². The molecule has 2 aromatic carbocycles. The summed E-state index contributed by atoms with van der Waals surface area (Å²) in [7, 11) is -1.89. The highest BCUT2D eigenvalue weighted by Gasteiger charge is 2.23. The Kier molecular flexibility index (Phi) is 2.89. The lowest BCUT2D eigenvalue weighted by molar-refractivity contribution is 0.152. The van der Waals surface area contributed by atoms with Gasteiger partial charge in [-0.25, -0.2) is 8.78 Å². The number of halogens is 2. The minimum Gasteiger partial charge on any atom is -0.423 e. The Morgan fingerprint density at radius 1 is 1.00 bits per heavy atom. The van der Waals surface area contributed by atoms with E-state index in [9.17, 15) is 18.8 Å². The molecule has 0 aliphatic rings. The Balaban J connectivity index is 2.79. The van der Waals surface area contributed by atoms with E-state index in [2.05, 4.69) is 0 Å². The first kappa shape index (κ1) is 11.0. The van der Waals surface area contributed by atoms with Gasteiger partial charge in [0.25, 0.3) is 6.43 Å². The molecule has 0 aromatic heterocycles. The van der Waals surface area contributed by atoms with Crippen LogP contribution in [0.5, 0.6) is 0 Å². The molecular formula is C11H9BF2O2. The minimum absolute atomic E-state index is 0.117. The van der Waals surface area contributed by atoms with Gasteiger partial charge in [-0.15, -0.1) is 0 Å². The van der Waals surface area contributed by atoms with Gasteiger partial charge in [0.15, 0.2) is 0 Å². The van der Waals surface area contributed by atoms with Crippen LogP contribution in [0.25, 0.3) is 10.8 Å². The van der Waals surface area contributed by atoms with Crippen LogP contribution in [-0.2, 0) is 0 Å². The third-order valence-corrected chi connectivity index (χ3v) is 2.50. The monoisotopic (exact) mass is 222 g/mol. The largest absolute Gasteiger partial charge is 0.489 e. The Hall–Kier alpha value is -1.46. The second kappa shape index (κ2) is 4.19. The van der Waals surface area contributed by atoms with Crippen molar-refractivity contribution in [2.24, 2.45) is 0 Å². The van der Waals surface area contributed by atoms with E-state index in [1.54, 1.807) is 30.3 Å². The van der Waals surface area contributed by atoms with Crippen molar-refractivity contribution in [1.82, 2.24) is 0 Å². The molecule has 82 valence electrons. The zero-order chi connectivity index (χ0) is 11.7. The smallest absolute Gasteiger partial charge is 0.423 e. The van der Waals surface area contributed by atoms with Gasteiger partial charge in [-0.05, 0) is 16.2 Å². The number of benzene rings is 2. The van der Waals surface area contributed by atoms with E-state index in [4.69, 9.17) is 0 Å². The SMILES string of the molecule is OB(O)c1c(C(F)F)ccc2ccccc12. The summed E-state index contributed by atoms with van der Waals surface area (Å²) < 4.78 is 25.4. The van der Waals surface area contributed by atoms with Gasteiger partial charge in [0.2, 0.25) is 0 Å². The van der Waals surface area contributed by atoms with Gasteiger partial charge < -0.3 is 10.0 Å². The fourth-order valence-electron chi connectivity index (χ4n) is 1.79. The third kappa shape index (κ3) is 1.79. The van der Waals surface area contributed by atoms with Crippen molar-refractivity contribution in [2.45, 2.75) is 6.43 Å². The van der Waals surface area contributed by atoms with Gasteiger partial charge >= 0.3 is 7.12 Å². The van der Waals surface area contributed by atoms with Crippen molar-refractivity contribution in [2.75, 3.05) is 0 Å². The molecule has 0 atom stereocenters. The fraction of sp³-hybridized carbons (Fsp3) is 0.0909. The molecule has 2 N–H and O–H groups in total. The van der Waals surface area contributed by atoms with Crippen LogP contribution in [0.15, 0.2) is 36.4 Å². The normalized spacial score (nSPS) is 11.1. The Morgan fingerprint density at radius 3 is 2.31 bits per heavy atom. The lowest BCUT2D eigenvalue weighted by Crippen LogP contribution is -2.34. The molecule has 0 radical (unpaired) electrons. The summed E-state index contributed by atoms with van der Waals surface area (Å²) in [6.45, 7) is 0. The van der Waals surface area contributed by atoms with E-state index in [0.717, 1.165) is 0 Å². The van der Waals surface area contributed by atoms with Crippen molar-refractivity contribution in [3.05, 3.63) is 42.0 Å². The number of hydrogen-bond donors (Lipinski definition) is 2. The van der Waals surface area contributed by atoms with E-state index in [0.29, 0.717) is 10.8 Å². The van der Waals surface area contributed by atoms with Crippen molar-refractivity contribution in [3.8, 4) is 0 Å². The molecule has 0 fully saturated rings. The van der Waals surface area contributed by atoms with Gasteiger partial charge in [0, 0.05) is 5.56 Å². The molecule has 0 spiro atoms. The van der Waals surface area contributed by atoms with Crippen LogP contribution >= 0.6 is 0 Å². The molecule has 0 aliphatic heterocycles. The zero-order valence-electron chi connectivity index (χ0n) is 8.27. The summed E-state index contributed by atoms with van der Waals surface area (Å²) in [5, 5.41) is 19.5. The van der Waals surface area contributed by atoms with Crippen LogP contribution in [0, 0.1) is 0 Å².